The summed E-state index contributed by atoms with van der Waals surface area (Å²) in [5.74, 6) is -0.500. The fourth-order valence-electron chi connectivity index (χ4n) is 1.53. The van der Waals surface area contributed by atoms with Gasteiger partial charge < -0.3 is 11.5 Å². The van der Waals surface area contributed by atoms with E-state index in [1.165, 1.54) is 12.1 Å². The number of benzene rings is 1. The van der Waals surface area contributed by atoms with Gasteiger partial charge >= 0.3 is 0 Å². The van der Waals surface area contributed by atoms with Crippen molar-refractivity contribution in [3.8, 4) is 6.07 Å². The minimum absolute atomic E-state index is 0.0479. The second-order valence-electron chi connectivity index (χ2n) is 3.74. The quantitative estimate of drug-likeness (QED) is 0.745. The number of nitriles is 1. The third kappa shape index (κ3) is 3.30. The molecule has 1 rings (SSSR count). The van der Waals surface area contributed by atoms with E-state index in [1.54, 1.807) is 6.07 Å². The molecule has 1 atom stereocenters. The lowest BCUT2D eigenvalue weighted by Gasteiger charge is -2.11. The molecule has 0 aliphatic heterocycles. The fraction of sp³-hybridized carbons (Fsp3) is 0.417. The molecule has 1 aromatic rings. The number of nitrogens with two attached hydrogens (primary N) is 2. The summed E-state index contributed by atoms with van der Waals surface area (Å²) in [5.41, 5.74) is 12.2. The molecule has 4 N–H and O–H groups in total. The van der Waals surface area contributed by atoms with Crippen LogP contribution in [0.5, 0.6) is 0 Å². The molecule has 0 saturated carbocycles. The van der Waals surface area contributed by atoms with Gasteiger partial charge in [-0.1, -0.05) is 12.5 Å². The van der Waals surface area contributed by atoms with Crippen LogP contribution < -0.4 is 11.5 Å². The first kappa shape index (κ1) is 12.6. The highest BCUT2D eigenvalue weighted by Crippen LogP contribution is 2.19. The van der Waals surface area contributed by atoms with Gasteiger partial charge in [0.15, 0.2) is 0 Å². The molecule has 4 heteroatoms. The molecule has 0 fully saturated rings. The van der Waals surface area contributed by atoms with E-state index in [2.05, 4.69) is 0 Å². The van der Waals surface area contributed by atoms with Crippen molar-refractivity contribution in [3.63, 3.8) is 0 Å². The molecular formula is C12H16FN3. The minimum Gasteiger partial charge on any atom is -0.330 e. The highest BCUT2D eigenvalue weighted by molar-refractivity contribution is 5.35. The zero-order chi connectivity index (χ0) is 12.0. The topological polar surface area (TPSA) is 75.8 Å². The van der Waals surface area contributed by atoms with Crippen LogP contribution in [0.4, 0.5) is 4.39 Å². The third-order valence-electron chi connectivity index (χ3n) is 2.51. The highest BCUT2D eigenvalue weighted by Gasteiger charge is 2.09. The van der Waals surface area contributed by atoms with Gasteiger partial charge in [-0.25, -0.2) is 4.39 Å². The average Bonchev–Trinajstić information content (AvgIpc) is 2.30. The van der Waals surface area contributed by atoms with Crippen LogP contribution in [-0.2, 0) is 0 Å². The number of unbranched alkanes of at least 4 members (excludes halogenated alkanes) is 1. The molecule has 86 valence electrons. The van der Waals surface area contributed by atoms with Crippen molar-refractivity contribution >= 4 is 0 Å². The third-order valence-corrected chi connectivity index (χ3v) is 2.51. The second kappa shape index (κ2) is 6.21. The Morgan fingerprint density at radius 1 is 1.38 bits per heavy atom. The molecule has 0 heterocycles. The van der Waals surface area contributed by atoms with E-state index in [0.717, 1.165) is 24.8 Å². The second-order valence-corrected chi connectivity index (χ2v) is 3.74. The lowest BCUT2D eigenvalue weighted by Crippen LogP contribution is -2.11. The van der Waals surface area contributed by atoms with E-state index < -0.39 is 5.82 Å². The van der Waals surface area contributed by atoms with Crippen LogP contribution in [-0.4, -0.2) is 6.54 Å². The largest absolute Gasteiger partial charge is 0.330 e. The predicted octanol–water partition coefficient (Wildman–Crippen LogP) is 1.83. The van der Waals surface area contributed by atoms with Crippen LogP contribution in [0.15, 0.2) is 18.2 Å². The first-order valence-corrected chi connectivity index (χ1v) is 5.34. The van der Waals surface area contributed by atoms with Gasteiger partial charge in [-0.2, -0.15) is 5.26 Å². The summed E-state index contributed by atoms with van der Waals surface area (Å²) in [6, 6.07) is 6.09. The maximum Gasteiger partial charge on any atom is 0.140 e. The molecule has 16 heavy (non-hydrogen) atoms. The molecule has 0 amide bonds. The number of hydrogen-bond acceptors (Lipinski definition) is 3. The normalized spacial score (nSPS) is 12.1. The Hall–Kier alpha value is -1.44. The Labute approximate surface area is 94.9 Å². The van der Waals surface area contributed by atoms with E-state index in [0.29, 0.717) is 6.54 Å². The zero-order valence-electron chi connectivity index (χ0n) is 9.12. The number of rotatable bonds is 5. The first-order chi connectivity index (χ1) is 7.69. The van der Waals surface area contributed by atoms with Crippen molar-refractivity contribution in [2.24, 2.45) is 11.5 Å². The standard InChI is InChI=1S/C12H16FN3/c13-11-5-4-9(7-10(11)8-15)12(16)3-1-2-6-14/h4-5,7,12H,1-3,6,14,16H2/t12-/m0/s1. The summed E-state index contributed by atoms with van der Waals surface area (Å²) in [7, 11) is 0. The molecule has 0 aliphatic carbocycles. The lowest BCUT2D eigenvalue weighted by molar-refractivity contribution is 0.586. The van der Waals surface area contributed by atoms with E-state index in [-0.39, 0.29) is 11.6 Å². The van der Waals surface area contributed by atoms with Crippen molar-refractivity contribution in [3.05, 3.63) is 35.1 Å². The number of halogens is 1. The van der Waals surface area contributed by atoms with E-state index in [1.807, 2.05) is 6.07 Å². The number of nitrogens with zero attached hydrogens (tertiary/aromatic N) is 1. The van der Waals surface area contributed by atoms with Gasteiger partial charge in [0.1, 0.15) is 11.9 Å². The highest BCUT2D eigenvalue weighted by atomic mass is 19.1. The molecule has 0 aliphatic rings. The Bertz CT molecular complexity index is 384. The Morgan fingerprint density at radius 2 is 2.12 bits per heavy atom. The first-order valence-electron chi connectivity index (χ1n) is 5.34. The van der Waals surface area contributed by atoms with Crippen molar-refractivity contribution in [2.45, 2.75) is 25.3 Å². The van der Waals surface area contributed by atoms with Gasteiger partial charge in [0, 0.05) is 6.04 Å². The van der Waals surface area contributed by atoms with Gasteiger partial charge in [-0.15, -0.1) is 0 Å². The van der Waals surface area contributed by atoms with Gasteiger partial charge in [0.25, 0.3) is 0 Å². The van der Waals surface area contributed by atoms with Crippen molar-refractivity contribution in [1.29, 1.82) is 5.26 Å². The lowest BCUT2D eigenvalue weighted by atomic mass is 10.00. The van der Waals surface area contributed by atoms with Gasteiger partial charge in [-0.3, -0.25) is 0 Å². The summed E-state index contributed by atoms with van der Waals surface area (Å²) in [4.78, 5) is 0. The minimum atomic E-state index is -0.500. The molecule has 0 unspecified atom stereocenters. The van der Waals surface area contributed by atoms with Crippen LogP contribution in [0.25, 0.3) is 0 Å². The number of hydrogen-bond donors (Lipinski definition) is 2. The van der Waals surface area contributed by atoms with Crippen LogP contribution in [0.3, 0.4) is 0 Å². The van der Waals surface area contributed by atoms with E-state index >= 15 is 0 Å². The maximum absolute atomic E-state index is 13.1. The Morgan fingerprint density at radius 3 is 2.75 bits per heavy atom. The van der Waals surface area contributed by atoms with Crippen LogP contribution in [0.2, 0.25) is 0 Å². The zero-order valence-corrected chi connectivity index (χ0v) is 9.12. The van der Waals surface area contributed by atoms with Crippen LogP contribution in [0, 0.1) is 17.1 Å². The molecule has 0 radical (unpaired) electrons. The Balaban J connectivity index is 2.69. The molecule has 0 spiro atoms. The van der Waals surface area contributed by atoms with Crippen molar-refractivity contribution < 1.29 is 4.39 Å². The molecule has 0 bridgehead atoms. The van der Waals surface area contributed by atoms with E-state index in [9.17, 15) is 4.39 Å². The van der Waals surface area contributed by atoms with Crippen molar-refractivity contribution in [2.75, 3.05) is 6.54 Å². The summed E-state index contributed by atoms with van der Waals surface area (Å²) in [6.45, 7) is 0.652. The molecule has 0 aromatic heterocycles. The summed E-state index contributed by atoms with van der Waals surface area (Å²) in [6.07, 6.45) is 2.67. The Kier molecular flexibility index (Phi) is 4.90. The summed E-state index contributed by atoms with van der Waals surface area (Å²) in [5, 5.41) is 8.69. The average molecular weight is 221 g/mol. The van der Waals surface area contributed by atoms with E-state index in [4.69, 9.17) is 16.7 Å². The molecule has 1 aromatic carbocycles. The SMILES string of the molecule is N#Cc1cc([C@@H](N)CCCCN)ccc1F. The molecular weight excluding hydrogens is 205 g/mol. The maximum atomic E-state index is 13.1. The molecule has 0 saturated heterocycles. The monoisotopic (exact) mass is 221 g/mol. The smallest absolute Gasteiger partial charge is 0.140 e. The summed E-state index contributed by atoms with van der Waals surface area (Å²) < 4.78 is 13.1. The summed E-state index contributed by atoms with van der Waals surface area (Å²) >= 11 is 0. The van der Waals surface area contributed by atoms with Gasteiger partial charge in [0.05, 0.1) is 5.56 Å². The van der Waals surface area contributed by atoms with Crippen molar-refractivity contribution in [1.82, 2.24) is 0 Å². The predicted molar refractivity (Wildman–Crippen MR) is 60.9 cm³/mol. The molecule has 3 nitrogen and oxygen atoms in total. The fourth-order valence-corrected chi connectivity index (χ4v) is 1.53. The van der Waals surface area contributed by atoms with Gasteiger partial charge in [0.2, 0.25) is 0 Å². The van der Waals surface area contributed by atoms with Gasteiger partial charge in [-0.05, 0) is 37.1 Å². The van der Waals surface area contributed by atoms with Crippen LogP contribution >= 0.6 is 0 Å². The van der Waals surface area contributed by atoms with Crippen LogP contribution in [0.1, 0.15) is 36.4 Å².